The van der Waals surface area contributed by atoms with E-state index >= 15 is 0 Å². The van der Waals surface area contributed by atoms with E-state index < -0.39 is 30.3 Å². The molecule has 1 aliphatic carbocycles. The molecule has 1 aromatic carbocycles. The Morgan fingerprint density at radius 3 is 2.68 bits per heavy atom. The van der Waals surface area contributed by atoms with Gasteiger partial charge in [-0.05, 0) is 18.4 Å². The molecule has 0 aliphatic heterocycles. The van der Waals surface area contributed by atoms with E-state index in [1.807, 2.05) is 11.5 Å². The van der Waals surface area contributed by atoms with Gasteiger partial charge in [0.2, 0.25) is 5.92 Å². The van der Waals surface area contributed by atoms with E-state index in [0.29, 0.717) is 6.42 Å². The van der Waals surface area contributed by atoms with E-state index in [1.165, 1.54) is 0 Å². The molecule has 0 saturated heterocycles. The van der Waals surface area contributed by atoms with Gasteiger partial charge in [-0.1, -0.05) is 30.3 Å². The van der Waals surface area contributed by atoms with E-state index in [4.69, 9.17) is 4.74 Å². The first-order valence-corrected chi connectivity index (χ1v) is 7.01. The van der Waals surface area contributed by atoms with Crippen molar-refractivity contribution in [2.24, 2.45) is 5.92 Å². The molecule has 120 valence electrons. The van der Waals surface area contributed by atoms with Crippen LogP contribution in [-0.4, -0.2) is 18.0 Å². The van der Waals surface area contributed by atoms with Crippen molar-refractivity contribution in [1.82, 2.24) is 5.48 Å². The van der Waals surface area contributed by atoms with Crippen LogP contribution in [0.3, 0.4) is 0 Å². The number of benzene rings is 1. The number of hydrogen-bond acceptors (Lipinski definition) is 4. The standard InChI is InChI=1S/C15H17F2NO4/c16-15(17)8-4-7-12(9-15)13(19)22-18-14(20)21-10-11-5-2-1-3-6-11/h1-3,5-6,12H,4,7-10H2,(H,18,20). The predicted molar refractivity (Wildman–Crippen MR) is 72.8 cm³/mol. The zero-order chi connectivity index (χ0) is 16.0. The third-order valence-electron chi connectivity index (χ3n) is 3.42. The summed E-state index contributed by atoms with van der Waals surface area (Å²) in [7, 11) is 0. The molecule has 1 aromatic rings. The summed E-state index contributed by atoms with van der Waals surface area (Å²) in [5.41, 5.74) is 2.60. The fraction of sp³-hybridized carbons (Fsp3) is 0.467. The van der Waals surface area contributed by atoms with Crippen molar-refractivity contribution in [3.63, 3.8) is 0 Å². The fourth-order valence-electron chi connectivity index (χ4n) is 2.30. The minimum Gasteiger partial charge on any atom is -0.443 e. The number of carbonyl (C=O) groups excluding carboxylic acids is 2. The molecule has 1 N–H and O–H groups in total. The Balaban J connectivity index is 1.70. The number of amides is 1. The van der Waals surface area contributed by atoms with Crippen LogP contribution in [0, 0.1) is 5.92 Å². The van der Waals surface area contributed by atoms with E-state index in [9.17, 15) is 18.4 Å². The van der Waals surface area contributed by atoms with Crippen molar-refractivity contribution in [2.45, 2.75) is 38.2 Å². The lowest BCUT2D eigenvalue weighted by Crippen LogP contribution is -2.35. The Bertz CT molecular complexity index is 522. The monoisotopic (exact) mass is 313 g/mol. The Kier molecular flexibility index (Phi) is 5.30. The van der Waals surface area contributed by atoms with Crippen LogP contribution in [0.5, 0.6) is 0 Å². The summed E-state index contributed by atoms with van der Waals surface area (Å²) in [4.78, 5) is 27.5. The average molecular weight is 313 g/mol. The number of hydrogen-bond donors (Lipinski definition) is 1. The first-order valence-electron chi connectivity index (χ1n) is 7.01. The minimum absolute atomic E-state index is 0.0196. The largest absolute Gasteiger partial charge is 0.443 e. The highest BCUT2D eigenvalue weighted by Gasteiger charge is 2.40. The van der Waals surface area contributed by atoms with Gasteiger partial charge in [0.15, 0.2) is 0 Å². The van der Waals surface area contributed by atoms with E-state index in [2.05, 4.69) is 4.84 Å². The maximum absolute atomic E-state index is 13.2. The van der Waals surface area contributed by atoms with Gasteiger partial charge >= 0.3 is 12.1 Å². The van der Waals surface area contributed by atoms with Gasteiger partial charge in [0.25, 0.3) is 0 Å². The summed E-state index contributed by atoms with van der Waals surface area (Å²) in [5.74, 6) is -4.62. The average Bonchev–Trinajstić information content (AvgIpc) is 2.50. The molecule has 1 unspecified atom stereocenters. The predicted octanol–water partition coefficient (Wildman–Crippen LogP) is 3.20. The van der Waals surface area contributed by atoms with Crippen LogP contribution in [0.1, 0.15) is 31.2 Å². The number of halogens is 2. The maximum atomic E-state index is 13.2. The second kappa shape index (κ2) is 7.20. The molecule has 0 radical (unpaired) electrons. The Morgan fingerprint density at radius 2 is 2.00 bits per heavy atom. The lowest BCUT2D eigenvalue weighted by molar-refractivity contribution is -0.161. The number of hydroxylamine groups is 1. The third-order valence-corrected chi connectivity index (χ3v) is 3.42. The molecular formula is C15H17F2NO4. The van der Waals surface area contributed by atoms with Crippen LogP contribution in [0.4, 0.5) is 13.6 Å². The summed E-state index contributed by atoms with van der Waals surface area (Å²) < 4.78 is 31.2. The molecule has 1 amide bonds. The summed E-state index contributed by atoms with van der Waals surface area (Å²) in [6.07, 6.45) is -1.13. The zero-order valence-electron chi connectivity index (χ0n) is 11.9. The van der Waals surface area contributed by atoms with Crippen LogP contribution < -0.4 is 5.48 Å². The Hall–Kier alpha value is -2.18. The van der Waals surface area contributed by atoms with E-state index in [-0.39, 0.29) is 19.4 Å². The molecule has 1 fully saturated rings. The van der Waals surface area contributed by atoms with Crippen molar-refractivity contribution in [1.29, 1.82) is 0 Å². The quantitative estimate of drug-likeness (QED) is 0.870. The lowest BCUT2D eigenvalue weighted by atomic mass is 9.87. The molecule has 0 spiro atoms. The smallest absolute Gasteiger partial charge is 0.441 e. The first kappa shape index (κ1) is 16.2. The van der Waals surface area contributed by atoms with Crippen molar-refractivity contribution < 1.29 is 27.9 Å². The molecule has 0 bridgehead atoms. The summed E-state index contributed by atoms with van der Waals surface area (Å²) in [5, 5.41) is 0. The normalized spacial score (nSPS) is 20.0. The molecular weight excluding hydrogens is 296 g/mol. The van der Waals surface area contributed by atoms with E-state index in [0.717, 1.165) is 5.56 Å². The fourth-order valence-corrected chi connectivity index (χ4v) is 2.30. The number of alkyl halides is 2. The first-order chi connectivity index (χ1) is 10.5. The van der Waals surface area contributed by atoms with Crippen molar-refractivity contribution in [3.05, 3.63) is 35.9 Å². The summed E-state index contributed by atoms with van der Waals surface area (Å²) in [6.45, 7) is 0.0196. The highest BCUT2D eigenvalue weighted by molar-refractivity contribution is 5.75. The third kappa shape index (κ3) is 4.98. The van der Waals surface area contributed by atoms with Gasteiger partial charge in [-0.2, -0.15) is 0 Å². The van der Waals surface area contributed by atoms with Gasteiger partial charge in [-0.3, -0.25) is 0 Å². The Morgan fingerprint density at radius 1 is 1.27 bits per heavy atom. The highest BCUT2D eigenvalue weighted by Crippen LogP contribution is 2.36. The molecule has 1 saturated carbocycles. The molecule has 5 nitrogen and oxygen atoms in total. The van der Waals surface area contributed by atoms with Gasteiger partial charge in [-0.15, -0.1) is 5.48 Å². The van der Waals surface area contributed by atoms with Crippen LogP contribution in [-0.2, 0) is 21.0 Å². The van der Waals surface area contributed by atoms with Crippen LogP contribution in [0.15, 0.2) is 30.3 Å². The minimum atomic E-state index is -2.85. The van der Waals surface area contributed by atoms with Gasteiger partial charge < -0.3 is 9.57 Å². The van der Waals surface area contributed by atoms with Gasteiger partial charge in [0.1, 0.15) is 6.61 Å². The van der Waals surface area contributed by atoms with Crippen molar-refractivity contribution in [3.8, 4) is 0 Å². The topological polar surface area (TPSA) is 64.6 Å². The Labute approximate surface area is 126 Å². The summed E-state index contributed by atoms with van der Waals surface area (Å²) >= 11 is 0. The lowest BCUT2D eigenvalue weighted by Gasteiger charge is -2.26. The molecule has 7 heteroatoms. The van der Waals surface area contributed by atoms with Crippen molar-refractivity contribution >= 4 is 12.1 Å². The second-order valence-corrected chi connectivity index (χ2v) is 5.23. The SMILES string of the molecule is O=C(NOC(=O)C1CCCC(F)(F)C1)OCc1ccccc1. The molecule has 22 heavy (non-hydrogen) atoms. The highest BCUT2D eigenvalue weighted by atomic mass is 19.3. The van der Waals surface area contributed by atoms with Crippen LogP contribution in [0.2, 0.25) is 0 Å². The van der Waals surface area contributed by atoms with Gasteiger partial charge in [0.05, 0.1) is 5.92 Å². The van der Waals surface area contributed by atoms with Gasteiger partial charge in [0, 0.05) is 12.8 Å². The number of carbonyl (C=O) groups is 2. The molecule has 1 aliphatic rings. The second-order valence-electron chi connectivity index (χ2n) is 5.23. The summed E-state index contributed by atoms with van der Waals surface area (Å²) in [6, 6.07) is 8.94. The van der Waals surface area contributed by atoms with Crippen LogP contribution >= 0.6 is 0 Å². The molecule has 1 atom stereocenters. The van der Waals surface area contributed by atoms with Crippen molar-refractivity contribution in [2.75, 3.05) is 0 Å². The van der Waals surface area contributed by atoms with Gasteiger partial charge in [-0.25, -0.2) is 18.4 Å². The molecule has 0 aromatic heterocycles. The number of rotatable bonds is 3. The molecule has 2 rings (SSSR count). The number of ether oxygens (including phenoxy) is 1. The maximum Gasteiger partial charge on any atom is 0.441 e. The van der Waals surface area contributed by atoms with Crippen LogP contribution in [0.25, 0.3) is 0 Å². The van der Waals surface area contributed by atoms with E-state index in [1.54, 1.807) is 24.3 Å². The number of nitrogens with one attached hydrogen (secondary N) is 1. The molecule has 0 heterocycles. The zero-order valence-corrected chi connectivity index (χ0v) is 11.9.